The van der Waals surface area contributed by atoms with Crippen LogP contribution in [0.4, 0.5) is 4.79 Å². The molecule has 1 aromatic carbocycles. The fourth-order valence-electron chi connectivity index (χ4n) is 1.55. The number of hydrazone groups is 1. The zero-order valence-electron chi connectivity index (χ0n) is 9.83. The zero-order valence-corrected chi connectivity index (χ0v) is 10.6. The Bertz CT molecular complexity index is 581. The third kappa shape index (κ3) is 2.67. The molecule has 2 rings (SSSR count). The van der Waals surface area contributed by atoms with E-state index in [0.29, 0.717) is 13.0 Å². The average molecular weight is 267 g/mol. The highest BCUT2D eigenvalue weighted by Gasteiger charge is 2.24. The Morgan fingerprint density at radius 2 is 2.00 bits per heavy atom. The van der Waals surface area contributed by atoms with Crippen LogP contribution in [0.3, 0.4) is 0 Å². The molecular formula is C11H13N3O3S. The van der Waals surface area contributed by atoms with Gasteiger partial charge in [-0.1, -0.05) is 18.2 Å². The monoisotopic (exact) mass is 267 g/mol. The summed E-state index contributed by atoms with van der Waals surface area (Å²) >= 11 is 0. The van der Waals surface area contributed by atoms with Crippen molar-refractivity contribution in [2.45, 2.75) is 18.2 Å². The minimum absolute atomic E-state index is 0.0539. The van der Waals surface area contributed by atoms with Crippen molar-refractivity contribution in [1.29, 1.82) is 0 Å². The highest BCUT2D eigenvalue weighted by Crippen LogP contribution is 2.10. The number of hydrogen-bond donors (Lipinski definition) is 1. The molecule has 1 N–H and O–H groups in total. The first-order valence-corrected chi connectivity index (χ1v) is 6.91. The molecule has 0 saturated heterocycles. The van der Waals surface area contributed by atoms with Crippen molar-refractivity contribution in [2.75, 3.05) is 6.54 Å². The minimum atomic E-state index is -3.82. The van der Waals surface area contributed by atoms with Crippen LogP contribution in [0.25, 0.3) is 0 Å². The minimum Gasteiger partial charge on any atom is -0.246 e. The topological polar surface area (TPSA) is 78.8 Å². The molecule has 0 fully saturated rings. The number of carbonyl (C=O) groups is 1. The largest absolute Gasteiger partial charge is 0.351 e. The second-order valence-electron chi connectivity index (χ2n) is 3.93. The molecule has 1 aliphatic heterocycles. The Morgan fingerprint density at radius 1 is 1.33 bits per heavy atom. The van der Waals surface area contributed by atoms with Gasteiger partial charge in [-0.25, -0.2) is 22.9 Å². The van der Waals surface area contributed by atoms with Gasteiger partial charge < -0.3 is 0 Å². The number of hydrogen-bond acceptors (Lipinski definition) is 4. The van der Waals surface area contributed by atoms with Crippen LogP contribution in [0.2, 0.25) is 0 Å². The fourth-order valence-corrected chi connectivity index (χ4v) is 2.52. The van der Waals surface area contributed by atoms with E-state index in [2.05, 4.69) is 5.10 Å². The SMILES string of the molecule is CC1=NN(C(=O)NS(=O)(=O)c2ccccc2)CC1. The van der Waals surface area contributed by atoms with Gasteiger partial charge in [0.1, 0.15) is 0 Å². The van der Waals surface area contributed by atoms with Crippen LogP contribution in [0, 0.1) is 0 Å². The fraction of sp³-hybridized carbons (Fsp3) is 0.273. The van der Waals surface area contributed by atoms with E-state index in [1.165, 1.54) is 12.1 Å². The summed E-state index contributed by atoms with van der Waals surface area (Å²) in [7, 11) is -3.82. The Kier molecular flexibility index (Phi) is 3.33. The van der Waals surface area contributed by atoms with E-state index in [4.69, 9.17) is 0 Å². The molecule has 0 bridgehead atoms. The van der Waals surface area contributed by atoms with Crippen molar-refractivity contribution in [2.24, 2.45) is 5.10 Å². The van der Waals surface area contributed by atoms with E-state index in [0.717, 1.165) is 10.7 Å². The summed E-state index contributed by atoms with van der Waals surface area (Å²) in [5.74, 6) is 0. The van der Waals surface area contributed by atoms with Crippen LogP contribution in [0.1, 0.15) is 13.3 Å². The molecule has 2 amide bonds. The molecule has 7 heteroatoms. The second-order valence-corrected chi connectivity index (χ2v) is 5.61. The van der Waals surface area contributed by atoms with Gasteiger partial charge in [-0.15, -0.1) is 0 Å². The number of carbonyl (C=O) groups excluding carboxylic acids is 1. The van der Waals surface area contributed by atoms with E-state index >= 15 is 0 Å². The predicted molar refractivity (Wildman–Crippen MR) is 66.6 cm³/mol. The number of benzene rings is 1. The lowest BCUT2D eigenvalue weighted by molar-refractivity contribution is 0.211. The summed E-state index contributed by atoms with van der Waals surface area (Å²) in [5, 5.41) is 5.06. The van der Waals surface area contributed by atoms with Gasteiger partial charge in [0.05, 0.1) is 11.4 Å². The molecule has 0 atom stereocenters. The molecule has 1 aromatic rings. The highest BCUT2D eigenvalue weighted by molar-refractivity contribution is 7.90. The van der Waals surface area contributed by atoms with Crippen LogP contribution in [0.15, 0.2) is 40.3 Å². The molecule has 0 saturated carbocycles. The number of nitrogens with one attached hydrogen (secondary N) is 1. The maximum absolute atomic E-state index is 11.9. The van der Waals surface area contributed by atoms with Gasteiger partial charge in [-0.2, -0.15) is 5.10 Å². The van der Waals surface area contributed by atoms with Gasteiger partial charge in [-0.05, 0) is 19.1 Å². The molecule has 0 unspecified atom stereocenters. The van der Waals surface area contributed by atoms with Crippen LogP contribution >= 0.6 is 0 Å². The van der Waals surface area contributed by atoms with E-state index in [1.807, 2.05) is 4.72 Å². The van der Waals surface area contributed by atoms with E-state index < -0.39 is 16.1 Å². The molecular weight excluding hydrogens is 254 g/mol. The molecule has 96 valence electrons. The van der Waals surface area contributed by atoms with E-state index in [1.54, 1.807) is 25.1 Å². The normalized spacial score (nSPS) is 15.4. The van der Waals surface area contributed by atoms with Crippen molar-refractivity contribution < 1.29 is 13.2 Å². The summed E-state index contributed by atoms with van der Waals surface area (Å²) in [5.41, 5.74) is 0.808. The van der Waals surface area contributed by atoms with Gasteiger partial charge >= 0.3 is 6.03 Å². The number of nitrogens with zero attached hydrogens (tertiary/aromatic N) is 2. The first kappa shape index (κ1) is 12.6. The number of urea groups is 1. The lowest BCUT2D eigenvalue weighted by atomic mass is 10.3. The van der Waals surface area contributed by atoms with Gasteiger partial charge in [0, 0.05) is 12.1 Å². The standard InChI is InChI=1S/C11H13N3O3S/c1-9-7-8-14(12-9)11(15)13-18(16,17)10-5-3-2-4-6-10/h2-6H,7-8H2,1H3,(H,13,15). The quantitative estimate of drug-likeness (QED) is 0.873. The predicted octanol–water partition coefficient (Wildman–Crippen LogP) is 1.17. The first-order chi connectivity index (χ1) is 8.49. The van der Waals surface area contributed by atoms with Crippen LogP contribution in [0.5, 0.6) is 0 Å². The van der Waals surface area contributed by atoms with Crippen molar-refractivity contribution in [3.63, 3.8) is 0 Å². The van der Waals surface area contributed by atoms with Gasteiger partial charge in [-0.3, -0.25) is 0 Å². The number of rotatable bonds is 2. The number of amides is 2. The maximum atomic E-state index is 11.9. The Labute approximate surface area is 105 Å². The third-order valence-electron chi connectivity index (χ3n) is 2.49. The average Bonchev–Trinajstić information content (AvgIpc) is 2.77. The van der Waals surface area contributed by atoms with Crippen LogP contribution < -0.4 is 4.72 Å². The summed E-state index contributed by atoms with van der Waals surface area (Å²) in [6, 6.07) is 7.02. The summed E-state index contributed by atoms with van der Waals surface area (Å²) < 4.78 is 25.7. The maximum Gasteiger partial charge on any atom is 0.351 e. The Morgan fingerprint density at radius 3 is 2.56 bits per heavy atom. The van der Waals surface area contributed by atoms with Gasteiger partial charge in [0.2, 0.25) is 0 Å². The zero-order chi connectivity index (χ0) is 13.2. The van der Waals surface area contributed by atoms with Crippen molar-refractivity contribution >= 4 is 21.8 Å². The molecule has 1 aliphatic rings. The molecule has 0 spiro atoms. The molecule has 0 aliphatic carbocycles. The van der Waals surface area contributed by atoms with Gasteiger partial charge in [0.15, 0.2) is 0 Å². The summed E-state index contributed by atoms with van der Waals surface area (Å²) in [4.78, 5) is 11.8. The van der Waals surface area contributed by atoms with Crippen LogP contribution in [-0.4, -0.2) is 31.7 Å². The van der Waals surface area contributed by atoms with Crippen molar-refractivity contribution in [1.82, 2.24) is 9.73 Å². The number of sulfonamides is 1. The molecule has 18 heavy (non-hydrogen) atoms. The summed E-state index contributed by atoms with van der Waals surface area (Å²) in [6.45, 7) is 2.20. The molecule has 6 nitrogen and oxygen atoms in total. The highest BCUT2D eigenvalue weighted by atomic mass is 32.2. The molecule has 0 radical (unpaired) electrons. The first-order valence-electron chi connectivity index (χ1n) is 5.42. The van der Waals surface area contributed by atoms with E-state index in [-0.39, 0.29) is 4.90 Å². The van der Waals surface area contributed by atoms with Crippen molar-refractivity contribution in [3.05, 3.63) is 30.3 Å². The summed E-state index contributed by atoms with van der Waals surface area (Å²) in [6.07, 6.45) is 0.665. The molecule has 0 aromatic heterocycles. The van der Waals surface area contributed by atoms with Crippen LogP contribution in [-0.2, 0) is 10.0 Å². The Balaban J connectivity index is 2.12. The van der Waals surface area contributed by atoms with E-state index in [9.17, 15) is 13.2 Å². The third-order valence-corrected chi connectivity index (χ3v) is 3.82. The Hall–Kier alpha value is -1.89. The molecule has 1 heterocycles. The smallest absolute Gasteiger partial charge is 0.246 e. The van der Waals surface area contributed by atoms with Gasteiger partial charge in [0.25, 0.3) is 10.0 Å². The lowest BCUT2D eigenvalue weighted by Gasteiger charge is -2.13. The van der Waals surface area contributed by atoms with Crippen molar-refractivity contribution in [3.8, 4) is 0 Å². The lowest BCUT2D eigenvalue weighted by Crippen LogP contribution is -2.39. The second kappa shape index (κ2) is 4.77.